The molecule has 3 heterocycles. The smallest absolute Gasteiger partial charge is 0.271 e. The second-order valence-corrected chi connectivity index (χ2v) is 4.47. The first kappa shape index (κ1) is 9.84. The molecule has 1 aromatic rings. The molecule has 2 fully saturated rings. The third-order valence-corrected chi connectivity index (χ3v) is 3.50. The van der Waals surface area contributed by atoms with Crippen molar-refractivity contribution in [2.45, 2.75) is 18.9 Å². The first-order valence-electron chi connectivity index (χ1n) is 5.75. The average Bonchev–Trinajstić information content (AvgIpc) is 2.98. The number of likely N-dealkylation sites (tertiary alicyclic amines) is 1. The van der Waals surface area contributed by atoms with Crippen molar-refractivity contribution in [2.24, 2.45) is 5.92 Å². The van der Waals surface area contributed by atoms with Gasteiger partial charge in [0.25, 0.3) is 5.91 Å². The van der Waals surface area contributed by atoms with Crippen molar-refractivity contribution in [3.05, 3.63) is 18.0 Å². The summed E-state index contributed by atoms with van der Waals surface area (Å²) in [5.41, 5.74) is 0.581. The standard InChI is InChI=1S/C11H15N3O2/c15-11(9-1-4-12-13-9)14-5-2-10-8(7-14)3-6-16-10/h1,4,8,10H,2-3,5-7H2,(H,12,13). The molecule has 2 atom stereocenters. The lowest BCUT2D eigenvalue weighted by molar-refractivity contribution is 0.0303. The number of nitrogens with zero attached hydrogens (tertiary/aromatic N) is 2. The number of ether oxygens (including phenoxy) is 1. The quantitative estimate of drug-likeness (QED) is 0.758. The fourth-order valence-electron chi connectivity index (χ4n) is 2.61. The molecule has 5 nitrogen and oxygen atoms in total. The summed E-state index contributed by atoms with van der Waals surface area (Å²) < 4.78 is 5.62. The Morgan fingerprint density at radius 2 is 2.50 bits per heavy atom. The molecule has 2 aliphatic heterocycles. The third-order valence-electron chi connectivity index (χ3n) is 3.50. The van der Waals surface area contributed by atoms with Crippen LogP contribution in [0.15, 0.2) is 12.3 Å². The predicted octanol–water partition coefficient (Wildman–Crippen LogP) is 0.661. The van der Waals surface area contributed by atoms with Crippen molar-refractivity contribution in [1.82, 2.24) is 15.1 Å². The van der Waals surface area contributed by atoms with Gasteiger partial charge in [0, 0.05) is 31.8 Å². The summed E-state index contributed by atoms with van der Waals surface area (Å²) in [7, 11) is 0. The Balaban J connectivity index is 1.70. The minimum Gasteiger partial charge on any atom is -0.378 e. The van der Waals surface area contributed by atoms with E-state index < -0.39 is 0 Å². The summed E-state index contributed by atoms with van der Waals surface area (Å²) in [6.07, 6.45) is 4.03. The minimum absolute atomic E-state index is 0.0582. The number of hydrogen-bond donors (Lipinski definition) is 1. The summed E-state index contributed by atoms with van der Waals surface area (Å²) in [5, 5.41) is 6.53. The number of aromatic nitrogens is 2. The SMILES string of the molecule is O=C(c1ccn[nH]1)N1CCC2OCCC2C1. The van der Waals surface area contributed by atoms with Crippen molar-refractivity contribution < 1.29 is 9.53 Å². The van der Waals surface area contributed by atoms with Crippen molar-refractivity contribution in [1.29, 1.82) is 0 Å². The molecule has 0 radical (unpaired) electrons. The monoisotopic (exact) mass is 221 g/mol. The van der Waals surface area contributed by atoms with E-state index in [1.54, 1.807) is 12.3 Å². The number of hydrogen-bond acceptors (Lipinski definition) is 3. The lowest BCUT2D eigenvalue weighted by Gasteiger charge is -2.33. The first-order chi connectivity index (χ1) is 7.84. The van der Waals surface area contributed by atoms with Gasteiger partial charge >= 0.3 is 0 Å². The Morgan fingerprint density at radius 1 is 1.56 bits per heavy atom. The number of rotatable bonds is 1. The zero-order valence-corrected chi connectivity index (χ0v) is 9.06. The molecule has 2 saturated heterocycles. The Labute approximate surface area is 93.8 Å². The number of piperidine rings is 1. The van der Waals surface area contributed by atoms with Gasteiger partial charge in [-0.25, -0.2) is 0 Å². The first-order valence-corrected chi connectivity index (χ1v) is 5.75. The lowest BCUT2D eigenvalue weighted by atomic mass is 9.94. The van der Waals surface area contributed by atoms with Crippen LogP contribution in [0, 0.1) is 5.92 Å². The van der Waals surface area contributed by atoms with Crippen molar-refractivity contribution in [3.63, 3.8) is 0 Å². The molecule has 0 saturated carbocycles. The second-order valence-electron chi connectivity index (χ2n) is 4.47. The van der Waals surface area contributed by atoms with Gasteiger partial charge in [0.1, 0.15) is 5.69 Å². The van der Waals surface area contributed by atoms with Crippen LogP contribution in [0.2, 0.25) is 0 Å². The van der Waals surface area contributed by atoms with E-state index in [0.29, 0.717) is 17.7 Å². The maximum Gasteiger partial charge on any atom is 0.271 e. The third kappa shape index (κ3) is 1.61. The van der Waals surface area contributed by atoms with Crippen LogP contribution < -0.4 is 0 Å². The Bertz CT molecular complexity index is 377. The molecule has 0 bridgehead atoms. The number of carbonyl (C=O) groups is 1. The Morgan fingerprint density at radius 3 is 3.31 bits per heavy atom. The second kappa shape index (κ2) is 3.90. The van der Waals surface area contributed by atoms with Crippen LogP contribution >= 0.6 is 0 Å². The van der Waals surface area contributed by atoms with E-state index in [9.17, 15) is 4.79 Å². The highest BCUT2D eigenvalue weighted by atomic mass is 16.5. The minimum atomic E-state index is 0.0582. The maximum absolute atomic E-state index is 12.1. The van der Waals surface area contributed by atoms with Gasteiger partial charge < -0.3 is 9.64 Å². The van der Waals surface area contributed by atoms with Gasteiger partial charge in [-0.1, -0.05) is 0 Å². The molecule has 16 heavy (non-hydrogen) atoms. The fourth-order valence-corrected chi connectivity index (χ4v) is 2.61. The molecule has 1 amide bonds. The predicted molar refractivity (Wildman–Crippen MR) is 57.0 cm³/mol. The van der Waals surface area contributed by atoms with Gasteiger partial charge in [-0.2, -0.15) is 5.10 Å². The molecular weight excluding hydrogens is 206 g/mol. The average molecular weight is 221 g/mol. The molecule has 86 valence electrons. The van der Waals surface area contributed by atoms with Gasteiger partial charge in [-0.15, -0.1) is 0 Å². The van der Waals surface area contributed by atoms with E-state index in [-0.39, 0.29) is 5.91 Å². The normalized spacial score (nSPS) is 29.1. The van der Waals surface area contributed by atoms with E-state index in [4.69, 9.17) is 4.74 Å². The van der Waals surface area contributed by atoms with E-state index in [0.717, 1.165) is 32.5 Å². The number of H-pyrrole nitrogens is 1. The molecule has 2 aliphatic rings. The van der Waals surface area contributed by atoms with Crippen LogP contribution in [0.25, 0.3) is 0 Å². The van der Waals surface area contributed by atoms with Crippen LogP contribution in [-0.4, -0.2) is 46.8 Å². The topological polar surface area (TPSA) is 58.2 Å². The number of nitrogens with one attached hydrogen (secondary N) is 1. The van der Waals surface area contributed by atoms with Gasteiger partial charge in [0.05, 0.1) is 6.10 Å². The molecule has 0 aliphatic carbocycles. The summed E-state index contributed by atoms with van der Waals surface area (Å²) in [5.74, 6) is 0.587. The number of carbonyl (C=O) groups excluding carboxylic acids is 1. The maximum atomic E-state index is 12.1. The van der Waals surface area contributed by atoms with Crippen LogP contribution in [0.1, 0.15) is 23.3 Å². The summed E-state index contributed by atoms with van der Waals surface area (Å²) in [4.78, 5) is 14.0. The molecule has 1 N–H and O–H groups in total. The fraction of sp³-hybridized carbons (Fsp3) is 0.636. The zero-order valence-electron chi connectivity index (χ0n) is 9.06. The van der Waals surface area contributed by atoms with Crippen molar-refractivity contribution in [3.8, 4) is 0 Å². The number of fused-ring (bicyclic) bond motifs is 1. The molecule has 3 rings (SSSR count). The summed E-state index contributed by atoms with van der Waals surface area (Å²) >= 11 is 0. The highest BCUT2D eigenvalue weighted by Crippen LogP contribution is 2.29. The Hall–Kier alpha value is -1.36. The summed E-state index contributed by atoms with van der Waals surface area (Å²) in [6.45, 7) is 2.46. The van der Waals surface area contributed by atoms with Gasteiger partial charge in [-0.05, 0) is 18.9 Å². The lowest BCUT2D eigenvalue weighted by Crippen LogP contribution is -2.44. The number of amides is 1. The molecule has 0 spiro atoms. The van der Waals surface area contributed by atoms with Crippen LogP contribution in [0.5, 0.6) is 0 Å². The number of aromatic amines is 1. The Kier molecular flexibility index (Phi) is 2.40. The summed E-state index contributed by atoms with van der Waals surface area (Å²) in [6, 6.07) is 1.72. The molecular formula is C11H15N3O2. The van der Waals surface area contributed by atoms with E-state index >= 15 is 0 Å². The van der Waals surface area contributed by atoms with Gasteiger partial charge in [0.15, 0.2) is 0 Å². The zero-order chi connectivity index (χ0) is 11.0. The molecule has 1 aromatic heterocycles. The highest BCUT2D eigenvalue weighted by molar-refractivity contribution is 5.92. The van der Waals surface area contributed by atoms with E-state index in [2.05, 4.69) is 10.2 Å². The highest BCUT2D eigenvalue weighted by Gasteiger charge is 2.35. The molecule has 0 aromatic carbocycles. The van der Waals surface area contributed by atoms with Gasteiger partial charge in [0.2, 0.25) is 0 Å². The van der Waals surface area contributed by atoms with Crippen molar-refractivity contribution in [2.75, 3.05) is 19.7 Å². The van der Waals surface area contributed by atoms with Gasteiger partial charge in [-0.3, -0.25) is 9.89 Å². The molecule has 2 unspecified atom stereocenters. The van der Waals surface area contributed by atoms with Crippen LogP contribution in [0.3, 0.4) is 0 Å². The van der Waals surface area contributed by atoms with Crippen molar-refractivity contribution >= 4 is 5.91 Å². The van der Waals surface area contributed by atoms with E-state index in [1.807, 2.05) is 4.90 Å². The van der Waals surface area contributed by atoms with Crippen LogP contribution in [-0.2, 0) is 4.74 Å². The van der Waals surface area contributed by atoms with E-state index in [1.165, 1.54) is 0 Å². The molecule has 5 heteroatoms. The largest absolute Gasteiger partial charge is 0.378 e. The van der Waals surface area contributed by atoms with Crippen LogP contribution in [0.4, 0.5) is 0 Å².